The van der Waals surface area contributed by atoms with Crippen LogP contribution < -0.4 is 5.32 Å². The average Bonchev–Trinajstić information content (AvgIpc) is 3.28. The van der Waals surface area contributed by atoms with Gasteiger partial charge in [-0.2, -0.15) is 0 Å². The molecule has 1 N–H and O–H groups in total. The molecule has 126 valence electrons. The van der Waals surface area contributed by atoms with Gasteiger partial charge < -0.3 is 5.32 Å². The molecule has 0 bridgehead atoms. The molecule has 3 aromatic rings. The summed E-state index contributed by atoms with van der Waals surface area (Å²) < 4.78 is 0. The quantitative estimate of drug-likeness (QED) is 0.766. The Hall–Kier alpha value is -2.60. The second-order valence-corrected chi connectivity index (χ2v) is 6.99. The number of fused-ring (bicyclic) bond motifs is 1. The van der Waals surface area contributed by atoms with E-state index in [9.17, 15) is 4.79 Å². The Labute approximate surface area is 150 Å². The number of carbonyl (C=O) groups is 1. The fourth-order valence-electron chi connectivity index (χ4n) is 3.24. The Morgan fingerprint density at radius 2 is 2.04 bits per heavy atom. The zero-order valence-corrected chi connectivity index (χ0v) is 14.5. The van der Waals surface area contributed by atoms with E-state index in [0.29, 0.717) is 24.7 Å². The first-order chi connectivity index (χ1) is 12.3. The third-order valence-electron chi connectivity index (χ3n) is 4.46. The topological polar surface area (TPSA) is 67.8 Å². The van der Waals surface area contributed by atoms with E-state index in [0.717, 1.165) is 23.5 Å². The van der Waals surface area contributed by atoms with E-state index in [4.69, 9.17) is 0 Å². The van der Waals surface area contributed by atoms with Gasteiger partial charge >= 0.3 is 0 Å². The Balaban J connectivity index is 1.33. The van der Waals surface area contributed by atoms with Crippen molar-refractivity contribution in [1.82, 2.24) is 20.3 Å². The third kappa shape index (κ3) is 3.58. The summed E-state index contributed by atoms with van der Waals surface area (Å²) in [5.74, 6) is 1.03. The van der Waals surface area contributed by atoms with E-state index in [1.165, 1.54) is 22.5 Å². The van der Waals surface area contributed by atoms with Gasteiger partial charge in [-0.15, -0.1) is 11.3 Å². The van der Waals surface area contributed by atoms with Crippen LogP contribution in [0.1, 0.15) is 35.6 Å². The molecule has 25 heavy (non-hydrogen) atoms. The molecular formula is C19H18N4OS. The molecule has 0 fully saturated rings. The van der Waals surface area contributed by atoms with Crippen LogP contribution in [-0.4, -0.2) is 20.9 Å². The number of nitrogens with one attached hydrogen (secondary N) is 1. The highest BCUT2D eigenvalue weighted by atomic mass is 32.1. The van der Waals surface area contributed by atoms with Crippen molar-refractivity contribution in [2.75, 3.05) is 0 Å². The zero-order chi connectivity index (χ0) is 17.1. The van der Waals surface area contributed by atoms with Crippen LogP contribution in [0.4, 0.5) is 0 Å². The molecule has 1 atom stereocenters. The second kappa shape index (κ2) is 7.11. The number of aromatic nitrogens is 3. The van der Waals surface area contributed by atoms with Crippen LogP contribution in [-0.2, 0) is 17.8 Å². The maximum atomic E-state index is 12.3. The molecule has 0 unspecified atom stereocenters. The van der Waals surface area contributed by atoms with Crippen molar-refractivity contribution >= 4 is 17.2 Å². The van der Waals surface area contributed by atoms with Crippen molar-refractivity contribution in [2.24, 2.45) is 0 Å². The monoisotopic (exact) mass is 350 g/mol. The molecule has 1 aliphatic carbocycles. The van der Waals surface area contributed by atoms with E-state index in [1.807, 2.05) is 5.38 Å². The minimum atomic E-state index is 0.0761. The molecule has 0 saturated carbocycles. The number of nitrogens with zero attached hydrogens (tertiary/aromatic N) is 3. The van der Waals surface area contributed by atoms with Crippen LogP contribution in [0, 0.1) is 0 Å². The minimum absolute atomic E-state index is 0.0761. The first-order valence-corrected chi connectivity index (χ1v) is 9.24. The summed E-state index contributed by atoms with van der Waals surface area (Å²) in [5.41, 5.74) is 3.55. The van der Waals surface area contributed by atoms with E-state index in [-0.39, 0.29) is 5.91 Å². The first-order valence-electron chi connectivity index (χ1n) is 8.36. The lowest BCUT2D eigenvalue weighted by atomic mass is 9.97. The normalized spacial score (nSPS) is 15.8. The average molecular weight is 350 g/mol. The van der Waals surface area contributed by atoms with Gasteiger partial charge in [0.2, 0.25) is 5.91 Å². The van der Waals surface area contributed by atoms with Crippen molar-refractivity contribution in [3.8, 4) is 10.8 Å². The number of rotatable bonds is 5. The summed E-state index contributed by atoms with van der Waals surface area (Å²) in [6, 6.07) is 10.2. The van der Waals surface area contributed by atoms with Gasteiger partial charge in [0.25, 0.3) is 0 Å². The Morgan fingerprint density at radius 1 is 1.20 bits per heavy atom. The van der Waals surface area contributed by atoms with Crippen molar-refractivity contribution < 1.29 is 4.79 Å². The molecule has 5 nitrogen and oxygen atoms in total. The number of carbonyl (C=O) groups excluding carboxylic acids is 1. The maximum absolute atomic E-state index is 12.3. The van der Waals surface area contributed by atoms with Crippen molar-refractivity contribution in [1.29, 1.82) is 0 Å². The molecule has 0 spiro atoms. The molecule has 1 amide bonds. The smallest absolute Gasteiger partial charge is 0.220 e. The lowest BCUT2D eigenvalue weighted by molar-refractivity contribution is -0.121. The Bertz CT molecular complexity index is 878. The number of hydrogen-bond donors (Lipinski definition) is 1. The molecule has 6 heteroatoms. The lowest BCUT2D eigenvalue weighted by Gasteiger charge is -2.11. The van der Waals surface area contributed by atoms with Crippen LogP contribution in [0.3, 0.4) is 0 Å². The highest BCUT2D eigenvalue weighted by Gasteiger charge is 2.24. The number of hydrogen-bond acceptors (Lipinski definition) is 5. The van der Waals surface area contributed by atoms with E-state index in [2.05, 4.69) is 44.5 Å². The van der Waals surface area contributed by atoms with E-state index >= 15 is 0 Å². The number of amides is 1. The van der Waals surface area contributed by atoms with E-state index < -0.39 is 0 Å². The first kappa shape index (κ1) is 15.9. The Morgan fingerprint density at radius 3 is 2.92 bits per heavy atom. The summed E-state index contributed by atoms with van der Waals surface area (Å²) in [6.45, 7) is 0.441. The molecule has 1 aromatic carbocycles. The molecule has 2 heterocycles. The molecule has 0 aliphatic heterocycles. The summed E-state index contributed by atoms with van der Waals surface area (Å²) in [4.78, 5) is 25.2. The largest absolute Gasteiger partial charge is 0.350 e. The van der Waals surface area contributed by atoms with Crippen molar-refractivity contribution in [3.63, 3.8) is 0 Å². The summed E-state index contributed by atoms with van der Waals surface area (Å²) in [7, 11) is 0. The highest BCUT2D eigenvalue weighted by molar-refractivity contribution is 7.13. The fourth-order valence-corrected chi connectivity index (χ4v) is 4.01. The SMILES string of the molecule is O=C(C[C@@H]1CCc2ccccc21)NCc1csc(-c2ncccn2)n1. The molecular weight excluding hydrogens is 332 g/mol. The van der Waals surface area contributed by atoms with Gasteiger partial charge in [0.05, 0.1) is 12.2 Å². The summed E-state index contributed by atoms with van der Waals surface area (Å²) >= 11 is 1.49. The summed E-state index contributed by atoms with van der Waals surface area (Å²) in [6.07, 6.45) is 6.06. The van der Waals surface area contributed by atoms with Gasteiger partial charge in [-0.25, -0.2) is 15.0 Å². The van der Waals surface area contributed by atoms with Gasteiger partial charge in [-0.3, -0.25) is 4.79 Å². The van der Waals surface area contributed by atoms with Gasteiger partial charge in [-0.1, -0.05) is 24.3 Å². The van der Waals surface area contributed by atoms with Gasteiger partial charge in [0, 0.05) is 24.2 Å². The van der Waals surface area contributed by atoms with Crippen LogP contribution >= 0.6 is 11.3 Å². The number of thiazole rings is 1. The van der Waals surface area contributed by atoms with Crippen LogP contribution in [0.5, 0.6) is 0 Å². The van der Waals surface area contributed by atoms with Crippen molar-refractivity contribution in [2.45, 2.75) is 31.7 Å². The van der Waals surface area contributed by atoms with E-state index in [1.54, 1.807) is 18.5 Å². The third-order valence-corrected chi connectivity index (χ3v) is 5.35. The van der Waals surface area contributed by atoms with Gasteiger partial charge in [-0.05, 0) is 36.0 Å². The molecule has 4 rings (SSSR count). The van der Waals surface area contributed by atoms with Crippen LogP contribution in [0.25, 0.3) is 10.8 Å². The second-order valence-electron chi connectivity index (χ2n) is 6.13. The molecule has 0 radical (unpaired) electrons. The fraction of sp³-hybridized carbons (Fsp3) is 0.263. The van der Waals surface area contributed by atoms with Gasteiger partial charge in [0.1, 0.15) is 0 Å². The minimum Gasteiger partial charge on any atom is -0.350 e. The Kier molecular flexibility index (Phi) is 4.52. The summed E-state index contributed by atoms with van der Waals surface area (Å²) in [5, 5.41) is 5.70. The van der Waals surface area contributed by atoms with Crippen molar-refractivity contribution in [3.05, 3.63) is 64.9 Å². The van der Waals surface area contributed by atoms with Crippen LogP contribution in [0.2, 0.25) is 0 Å². The lowest BCUT2D eigenvalue weighted by Crippen LogP contribution is -2.24. The van der Waals surface area contributed by atoms with Gasteiger partial charge in [0.15, 0.2) is 10.8 Å². The highest BCUT2D eigenvalue weighted by Crippen LogP contribution is 2.35. The molecule has 1 aliphatic rings. The zero-order valence-electron chi connectivity index (χ0n) is 13.7. The number of benzene rings is 1. The standard InChI is InChI=1S/C19H18N4OS/c24-17(10-14-7-6-13-4-1-2-5-16(13)14)22-11-15-12-25-19(23-15)18-20-8-3-9-21-18/h1-5,8-9,12,14H,6-7,10-11H2,(H,22,24)/t14-/m0/s1. The predicted molar refractivity (Wildman–Crippen MR) is 97.1 cm³/mol. The molecule has 2 aromatic heterocycles. The predicted octanol–water partition coefficient (Wildman–Crippen LogP) is 3.34. The maximum Gasteiger partial charge on any atom is 0.220 e. The van der Waals surface area contributed by atoms with Crippen LogP contribution in [0.15, 0.2) is 48.1 Å². The number of aryl methyl sites for hydroxylation is 1. The molecule has 0 saturated heterocycles.